The number of hydrogen-bond acceptors (Lipinski definition) is 4. The van der Waals surface area contributed by atoms with Crippen LogP contribution in [0.25, 0.3) is 0 Å². The van der Waals surface area contributed by atoms with Gasteiger partial charge in [-0.2, -0.15) is 5.10 Å². The van der Waals surface area contributed by atoms with E-state index in [1.54, 1.807) is 48.5 Å². The molecular weight excluding hydrogens is 469 g/mol. The van der Waals surface area contributed by atoms with Crippen molar-refractivity contribution in [2.45, 2.75) is 18.7 Å². The maximum Gasteiger partial charge on any atom is 0.264 e. The lowest BCUT2D eigenvalue weighted by molar-refractivity contribution is -0.119. The molecule has 0 spiro atoms. The number of halogens is 2. The topological polar surface area (TPSA) is 78.8 Å². The minimum absolute atomic E-state index is 0.0891. The molecule has 0 aliphatic rings. The second-order valence-electron chi connectivity index (χ2n) is 7.14. The average Bonchev–Trinajstić information content (AvgIpc) is 2.74. The summed E-state index contributed by atoms with van der Waals surface area (Å²) in [5.41, 5.74) is 5.15. The van der Waals surface area contributed by atoms with Gasteiger partial charge in [0.05, 0.1) is 26.8 Å². The Balaban J connectivity index is 1.86. The summed E-state index contributed by atoms with van der Waals surface area (Å²) in [4.78, 5) is 12.7. The van der Waals surface area contributed by atoms with E-state index in [2.05, 4.69) is 10.5 Å². The van der Waals surface area contributed by atoms with Gasteiger partial charge >= 0.3 is 0 Å². The SMILES string of the molecule is Cc1cc(C)cc(N(CC(=O)N/N=C\c2ccc(Cl)c(Cl)c2)S(=O)(=O)c2ccccc2)c1. The molecule has 1 amide bonds. The summed E-state index contributed by atoms with van der Waals surface area (Å²) in [5.74, 6) is -0.597. The Morgan fingerprint density at radius 1 is 0.969 bits per heavy atom. The van der Waals surface area contributed by atoms with Gasteiger partial charge in [-0.25, -0.2) is 13.8 Å². The van der Waals surface area contributed by atoms with Gasteiger partial charge in [-0.1, -0.05) is 53.5 Å². The highest BCUT2D eigenvalue weighted by Gasteiger charge is 2.27. The smallest absolute Gasteiger partial charge is 0.264 e. The minimum atomic E-state index is -3.98. The van der Waals surface area contributed by atoms with Gasteiger partial charge in [-0.15, -0.1) is 0 Å². The summed E-state index contributed by atoms with van der Waals surface area (Å²) in [7, 11) is -3.98. The molecule has 0 aliphatic carbocycles. The number of carbonyl (C=O) groups is 1. The summed E-state index contributed by atoms with van der Waals surface area (Å²) < 4.78 is 27.7. The fraction of sp³-hybridized carbons (Fsp3) is 0.130. The normalized spacial score (nSPS) is 11.5. The lowest BCUT2D eigenvalue weighted by Crippen LogP contribution is -2.39. The van der Waals surface area contributed by atoms with Crippen molar-refractivity contribution in [2.24, 2.45) is 5.10 Å². The molecule has 0 saturated heterocycles. The molecule has 0 fully saturated rings. The molecule has 1 N–H and O–H groups in total. The Hall–Kier alpha value is -2.87. The van der Waals surface area contributed by atoms with Gasteiger partial charge < -0.3 is 0 Å². The van der Waals surface area contributed by atoms with Crippen LogP contribution in [0.3, 0.4) is 0 Å². The molecule has 0 heterocycles. The molecule has 0 bridgehead atoms. The second kappa shape index (κ2) is 10.2. The number of carbonyl (C=O) groups excluding carboxylic acids is 1. The summed E-state index contributed by atoms with van der Waals surface area (Å²) >= 11 is 11.9. The Bertz CT molecular complexity index is 1240. The zero-order valence-electron chi connectivity index (χ0n) is 17.4. The summed E-state index contributed by atoms with van der Waals surface area (Å²) in [6.45, 7) is 3.29. The Labute approximate surface area is 197 Å². The van der Waals surface area contributed by atoms with Crippen molar-refractivity contribution in [3.63, 3.8) is 0 Å². The number of nitrogens with zero attached hydrogens (tertiary/aromatic N) is 2. The van der Waals surface area contributed by atoms with Crippen LogP contribution < -0.4 is 9.73 Å². The molecule has 0 saturated carbocycles. The molecule has 6 nitrogen and oxygen atoms in total. The first-order valence-corrected chi connectivity index (χ1v) is 11.8. The molecule has 32 heavy (non-hydrogen) atoms. The lowest BCUT2D eigenvalue weighted by atomic mass is 10.1. The van der Waals surface area contributed by atoms with Crippen LogP contribution in [0.4, 0.5) is 5.69 Å². The van der Waals surface area contributed by atoms with Gasteiger partial charge in [-0.05, 0) is 66.9 Å². The molecule has 0 aromatic heterocycles. The van der Waals surface area contributed by atoms with E-state index in [0.717, 1.165) is 15.4 Å². The van der Waals surface area contributed by atoms with E-state index in [0.29, 0.717) is 21.3 Å². The van der Waals surface area contributed by atoms with Crippen LogP contribution in [0.1, 0.15) is 16.7 Å². The van der Waals surface area contributed by atoms with E-state index >= 15 is 0 Å². The van der Waals surface area contributed by atoms with Crippen molar-refractivity contribution < 1.29 is 13.2 Å². The van der Waals surface area contributed by atoms with E-state index < -0.39 is 22.5 Å². The fourth-order valence-electron chi connectivity index (χ4n) is 3.07. The largest absolute Gasteiger partial charge is 0.271 e. The minimum Gasteiger partial charge on any atom is -0.271 e. The first kappa shape index (κ1) is 23.8. The standard InChI is InChI=1S/C23H21Cl2N3O3S/c1-16-10-17(2)12-19(11-16)28(32(30,31)20-6-4-3-5-7-20)15-23(29)27-26-14-18-8-9-21(24)22(25)13-18/h3-14H,15H2,1-2H3,(H,27,29)/b26-14-. The number of hydrogen-bond donors (Lipinski definition) is 1. The van der Waals surface area contributed by atoms with Crippen LogP contribution in [0.5, 0.6) is 0 Å². The molecule has 0 atom stereocenters. The van der Waals surface area contributed by atoms with E-state index in [-0.39, 0.29) is 4.90 Å². The molecule has 3 aromatic carbocycles. The molecule has 9 heteroatoms. The van der Waals surface area contributed by atoms with Crippen molar-refractivity contribution in [2.75, 3.05) is 10.8 Å². The molecule has 0 unspecified atom stereocenters. The van der Waals surface area contributed by atoms with Crippen molar-refractivity contribution in [3.8, 4) is 0 Å². The summed E-state index contributed by atoms with van der Waals surface area (Å²) in [6, 6.07) is 18.2. The summed E-state index contributed by atoms with van der Waals surface area (Å²) in [5, 5.41) is 4.67. The number of amides is 1. The van der Waals surface area contributed by atoms with Crippen molar-refractivity contribution >= 4 is 51.0 Å². The van der Waals surface area contributed by atoms with Crippen LogP contribution in [0, 0.1) is 13.8 Å². The van der Waals surface area contributed by atoms with Gasteiger partial charge in [-0.3, -0.25) is 9.10 Å². The van der Waals surface area contributed by atoms with Crippen molar-refractivity contribution in [1.29, 1.82) is 0 Å². The number of benzene rings is 3. The number of anilines is 1. The predicted molar refractivity (Wildman–Crippen MR) is 129 cm³/mol. The number of hydrazone groups is 1. The number of sulfonamides is 1. The molecule has 0 radical (unpaired) electrons. The average molecular weight is 490 g/mol. The van der Waals surface area contributed by atoms with Crippen LogP contribution >= 0.6 is 23.2 Å². The predicted octanol–water partition coefficient (Wildman–Crippen LogP) is 4.96. The maximum atomic E-state index is 13.3. The van der Waals surface area contributed by atoms with Crippen LogP contribution in [0.15, 0.2) is 76.7 Å². The summed E-state index contributed by atoms with van der Waals surface area (Å²) in [6.07, 6.45) is 1.40. The van der Waals surface area contributed by atoms with E-state index in [1.165, 1.54) is 18.3 Å². The molecule has 166 valence electrons. The molecule has 0 aliphatic heterocycles. The van der Waals surface area contributed by atoms with Crippen LogP contribution in [-0.4, -0.2) is 27.1 Å². The van der Waals surface area contributed by atoms with E-state index in [9.17, 15) is 13.2 Å². The van der Waals surface area contributed by atoms with Gasteiger partial charge in [0.15, 0.2) is 0 Å². The van der Waals surface area contributed by atoms with Crippen molar-refractivity contribution in [3.05, 3.63) is 93.5 Å². The van der Waals surface area contributed by atoms with Gasteiger partial charge in [0.25, 0.3) is 15.9 Å². The number of rotatable bonds is 7. The molecule has 3 aromatic rings. The highest BCUT2D eigenvalue weighted by atomic mass is 35.5. The highest BCUT2D eigenvalue weighted by molar-refractivity contribution is 7.92. The van der Waals surface area contributed by atoms with Gasteiger partial charge in [0, 0.05) is 0 Å². The quantitative estimate of drug-likeness (QED) is 0.376. The van der Waals surface area contributed by atoms with Crippen LogP contribution in [0.2, 0.25) is 10.0 Å². The third-order valence-electron chi connectivity index (χ3n) is 4.46. The highest BCUT2D eigenvalue weighted by Crippen LogP contribution is 2.26. The third kappa shape index (κ3) is 5.88. The number of aryl methyl sites for hydroxylation is 2. The Morgan fingerprint density at radius 3 is 2.25 bits per heavy atom. The number of nitrogens with one attached hydrogen (secondary N) is 1. The maximum absolute atomic E-state index is 13.3. The monoisotopic (exact) mass is 489 g/mol. The first-order chi connectivity index (χ1) is 15.2. The Morgan fingerprint density at radius 2 is 1.62 bits per heavy atom. The second-order valence-corrected chi connectivity index (χ2v) is 9.81. The molecule has 3 rings (SSSR count). The Kier molecular flexibility index (Phi) is 7.56. The molecular formula is C23H21Cl2N3O3S. The zero-order valence-corrected chi connectivity index (χ0v) is 19.7. The zero-order chi connectivity index (χ0) is 23.3. The lowest BCUT2D eigenvalue weighted by Gasteiger charge is -2.24. The van der Waals surface area contributed by atoms with Gasteiger partial charge in [0.1, 0.15) is 6.54 Å². The van der Waals surface area contributed by atoms with Crippen molar-refractivity contribution in [1.82, 2.24) is 5.43 Å². The van der Waals surface area contributed by atoms with E-state index in [1.807, 2.05) is 19.9 Å². The third-order valence-corrected chi connectivity index (χ3v) is 6.99. The fourth-order valence-corrected chi connectivity index (χ4v) is 4.80. The van der Waals surface area contributed by atoms with Gasteiger partial charge in [0.2, 0.25) is 0 Å². The van der Waals surface area contributed by atoms with E-state index in [4.69, 9.17) is 23.2 Å². The first-order valence-electron chi connectivity index (χ1n) is 9.60. The van der Waals surface area contributed by atoms with Crippen LogP contribution in [-0.2, 0) is 14.8 Å².